The maximum absolute atomic E-state index is 8.50. The van der Waals surface area contributed by atoms with Gasteiger partial charge in [-0.1, -0.05) is 6.92 Å². The number of benzene rings is 1. The molecule has 0 spiro atoms. The highest BCUT2D eigenvalue weighted by atomic mass is 16.5. The summed E-state index contributed by atoms with van der Waals surface area (Å²) < 4.78 is 10.9. The van der Waals surface area contributed by atoms with Crippen LogP contribution in [-0.4, -0.2) is 19.3 Å². The van der Waals surface area contributed by atoms with Crippen molar-refractivity contribution >= 4 is 0 Å². The second-order valence-electron chi connectivity index (χ2n) is 3.69. The van der Waals surface area contributed by atoms with E-state index in [1.54, 1.807) is 0 Å². The van der Waals surface area contributed by atoms with Gasteiger partial charge in [-0.15, -0.1) is 0 Å². The minimum Gasteiger partial charge on any atom is -0.494 e. The van der Waals surface area contributed by atoms with Crippen molar-refractivity contribution in [2.45, 2.75) is 25.8 Å². The summed E-state index contributed by atoms with van der Waals surface area (Å²) in [5.74, 6) is 1.60. The number of nitrogens with zero attached hydrogens (tertiary/aromatic N) is 1. The number of ether oxygens (including phenoxy) is 2. The van der Waals surface area contributed by atoms with E-state index in [0.29, 0.717) is 13.0 Å². The van der Waals surface area contributed by atoms with Gasteiger partial charge in [-0.3, -0.25) is 0 Å². The molecule has 92 valence electrons. The van der Waals surface area contributed by atoms with Gasteiger partial charge in [0, 0.05) is 6.42 Å². The number of rotatable bonds is 7. The van der Waals surface area contributed by atoms with Crippen LogP contribution in [0.25, 0.3) is 0 Å². The van der Waals surface area contributed by atoms with Gasteiger partial charge in [-0.05, 0) is 30.7 Å². The lowest BCUT2D eigenvalue weighted by Gasteiger charge is -2.08. The summed E-state index contributed by atoms with van der Waals surface area (Å²) in [4.78, 5) is 0. The standard InChI is InChI=1S/C13H18N2O2/c1-2-8-16-12-3-5-13(6-4-12)17-9-7-11(15)10-14/h3-6,11H,2,7-9,15H2,1H3. The fraction of sp³-hybridized carbons (Fsp3) is 0.462. The molecule has 0 amide bonds. The molecule has 0 saturated carbocycles. The molecular weight excluding hydrogens is 216 g/mol. The van der Waals surface area contributed by atoms with Crippen LogP contribution in [0, 0.1) is 11.3 Å². The van der Waals surface area contributed by atoms with Gasteiger partial charge in [-0.2, -0.15) is 5.26 Å². The molecule has 0 aromatic heterocycles. The van der Waals surface area contributed by atoms with Crippen LogP contribution in [0.5, 0.6) is 11.5 Å². The Kier molecular flexibility index (Phi) is 5.91. The summed E-state index contributed by atoms with van der Waals surface area (Å²) in [5, 5.41) is 8.50. The Morgan fingerprint density at radius 2 is 1.71 bits per heavy atom. The van der Waals surface area contributed by atoms with Crippen LogP contribution in [0.1, 0.15) is 19.8 Å². The number of hydrogen-bond acceptors (Lipinski definition) is 4. The third-order valence-corrected chi connectivity index (χ3v) is 2.16. The lowest BCUT2D eigenvalue weighted by Crippen LogP contribution is -2.20. The third-order valence-electron chi connectivity index (χ3n) is 2.16. The van der Waals surface area contributed by atoms with E-state index >= 15 is 0 Å². The predicted molar refractivity (Wildman–Crippen MR) is 65.9 cm³/mol. The zero-order chi connectivity index (χ0) is 12.5. The number of hydrogen-bond donors (Lipinski definition) is 1. The quantitative estimate of drug-likeness (QED) is 0.784. The molecule has 1 rings (SSSR count). The van der Waals surface area contributed by atoms with Crippen LogP contribution >= 0.6 is 0 Å². The number of nitrogens with two attached hydrogens (primary N) is 1. The fourth-order valence-corrected chi connectivity index (χ4v) is 1.22. The van der Waals surface area contributed by atoms with Gasteiger partial charge in [-0.25, -0.2) is 0 Å². The van der Waals surface area contributed by atoms with E-state index in [9.17, 15) is 0 Å². The Morgan fingerprint density at radius 3 is 2.18 bits per heavy atom. The Labute approximate surface area is 102 Å². The van der Waals surface area contributed by atoms with E-state index in [1.165, 1.54) is 0 Å². The van der Waals surface area contributed by atoms with E-state index in [1.807, 2.05) is 30.3 Å². The monoisotopic (exact) mass is 234 g/mol. The summed E-state index contributed by atoms with van der Waals surface area (Å²) in [5.41, 5.74) is 5.45. The Morgan fingerprint density at radius 1 is 1.18 bits per heavy atom. The zero-order valence-electron chi connectivity index (χ0n) is 10.1. The van der Waals surface area contributed by atoms with Crippen molar-refractivity contribution in [3.05, 3.63) is 24.3 Å². The van der Waals surface area contributed by atoms with Gasteiger partial charge in [0.2, 0.25) is 0 Å². The van der Waals surface area contributed by atoms with Gasteiger partial charge >= 0.3 is 0 Å². The maximum atomic E-state index is 8.50. The Balaban J connectivity index is 2.33. The molecule has 1 aromatic carbocycles. The summed E-state index contributed by atoms with van der Waals surface area (Å²) in [7, 11) is 0. The average molecular weight is 234 g/mol. The average Bonchev–Trinajstić information content (AvgIpc) is 2.37. The van der Waals surface area contributed by atoms with Crippen molar-refractivity contribution in [1.29, 1.82) is 5.26 Å². The van der Waals surface area contributed by atoms with Gasteiger partial charge in [0.25, 0.3) is 0 Å². The molecule has 4 nitrogen and oxygen atoms in total. The van der Waals surface area contributed by atoms with Crippen molar-refractivity contribution in [2.75, 3.05) is 13.2 Å². The van der Waals surface area contributed by atoms with Crippen molar-refractivity contribution in [3.8, 4) is 17.6 Å². The van der Waals surface area contributed by atoms with Crippen LogP contribution in [0.4, 0.5) is 0 Å². The molecule has 4 heteroatoms. The minimum atomic E-state index is -0.456. The second-order valence-corrected chi connectivity index (χ2v) is 3.69. The van der Waals surface area contributed by atoms with Gasteiger partial charge in [0.1, 0.15) is 11.5 Å². The topological polar surface area (TPSA) is 68.3 Å². The van der Waals surface area contributed by atoms with Crippen LogP contribution in [0.2, 0.25) is 0 Å². The van der Waals surface area contributed by atoms with Gasteiger partial charge < -0.3 is 15.2 Å². The minimum absolute atomic E-state index is 0.448. The Hall–Kier alpha value is -1.73. The molecule has 0 aliphatic carbocycles. The van der Waals surface area contributed by atoms with Crippen LogP contribution in [-0.2, 0) is 0 Å². The first-order valence-electron chi connectivity index (χ1n) is 5.77. The summed E-state index contributed by atoms with van der Waals surface area (Å²) >= 11 is 0. The van der Waals surface area contributed by atoms with E-state index in [2.05, 4.69) is 6.92 Å². The maximum Gasteiger partial charge on any atom is 0.119 e. The SMILES string of the molecule is CCCOc1ccc(OCCC(N)C#N)cc1. The molecule has 0 bridgehead atoms. The lowest BCUT2D eigenvalue weighted by atomic mass is 10.2. The van der Waals surface area contributed by atoms with Crippen LogP contribution < -0.4 is 15.2 Å². The first-order chi connectivity index (χ1) is 8.26. The largest absolute Gasteiger partial charge is 0.494 e. The Bertz CT molecular complexity index is 357. The second kappa shape index (κ2) is 7.53. The molecular formula is C13H18N2O2. The molecule has 2 N–H and O–H groups in total. The molecule has 0 radical (unpaired) electrons. The van der Waals surface area contributed by atoms with Gasteiger partial charge in [0.15, 0.2) is 0 Å². The highest BCUT2D eigenvalue weighted by molar-refractivity contribution is 5.31. The van der Waals surface area contributed by atoms with E-state index < -0.39 is 6.04 Å². The summed E-state index contributed by atoms with van der Waals surface area (Å²) in [6.45, 7) is 3.23. The molecule has 1 aromatic rings. The predicted octanol–water partition coefficient (Wildman–Crippen LogP) is 2.10. The lowest BCUT2D eigenvalue weighted by molar-refractivity contribution is 0.301. The first kappa shape index (κ1) is 13.3. The third kappa shape index (κ3) is 5.23. The van der Waals surface area contributed by atoms with Crippen LogP contribution in [0.15, 0.2) is 24.3 Å². The highest BCUT2D eigenvalue weighted by Crippen LogP contribution is 2.17. The van der Waals surface area contributed by atoms with E-state index in [-0.39, 0.29) is 0 Å². The van der Waals surface area contributed by atoms with Crippen LogP contribution in [0.3, 0.4) is 0 Å². The van der Waals surface area contributed by atoms with E-state index in [0.717, 1.165) is 24.5 Å². The molecule has 1 unspecified atom stereocenters. The first-order valence-corrected chi connectivity index (χ1v) is 5.77. The molecule has 0 saturated heterocycles. The number of nitriles is 1. The fourth-order valence-electron chi connectivity index (χ4n) is 1.22. The molecule has 0 aliphatic heterocycles. The highest BCUT2D eigenvalue weighted by Gasteiger charge is 2.00. The molecule has 0 heterocycles. The molecule has 1 atom stereocenters. The van der Waals surface area contributed by atoms with Crippen molar-refractivity contribution < 1.29 is 9.47 Å². The van der Waals surface area contributed by atoms with Crippen molar-refractivity contribution in [1.82, 2.24) is 0 Å². The molecule has 0 aliphatic rings. The molecule has 0 fully saturated rings. The van der Waals surface area contributed by atoms with Crippen molar-refractivity contribution in [2.24, 2.45) is 5.73 Å². The summed E-state index contributed by atoms with van der Waals surface area (Å²) in [6, 6.07) is 8.95. The van der Waals surface area contributed by atoms with Gasteiger partial charge in [0.05, 0.1) is 25.3 Å². The summed E-state index contributed by atoms with van der Waals surface area (Å²) in [6.07, 6.45) is 1.52. The van der Waals surface area contributed by atoms with Crippen molar-refractivity contribution in [3.63, 3.8) is 0 Å². The molecule has 17 heavy (non-hydrogen) atoms. The van der Waals surface area contributed by atoms with E-state index in [4.69, 9.17) is 20.5 Å². The zero-order valence-corrected chi connectivity index (χ0v) is 10.1. The normalized spacial score (nSPS) is 11.6. The smallest absolute Gasteiger partial charge is 0.119 e.